The Labute approximate surface area is 109 Å². The van der Waals surface area contributed by atoms with Crippen molar-refractivity contribution < 1.29 is 17.6 Å². The number of alkyl halides is 1. The van der Waals surface area contributed by atoms with E-state index in [1.807, 2.05) is 0 Å². The molecule has 0 aliphatic heterocycles. The highest BCUT2D eigenvalue weighted by Crippen LogP contribution is 2.46. The van der Waals surface area contributed by atoms with E-state index in [9.17, 15) is 17.6 Å². The van der Waals surface area contributed by atoms with Gasteiger partial charge < -0.3 is 0 Å². The highest BCUT2D eigenvalue weighted by Gasteiger charge is 2.54. The number of aryl methyl sites for hydroxylation is 1. The summed E-state index contributed by atoms with van der Waals surface area (Å²) in [6.07, 6.45) is 0.571. The van der Waals surface area contributed by atoms with E-state index in [-0.39, 0.29) is 18.4 Å². The Morgan fingerprint density at radius 3 is 2.56 bits per heavy atom. The van der Waals surface area contributed by atoms with E-state index in [4.69, 9.17) is 11.6 Å². The molecule has 7 heteroatoms. The van der Waals surface area contributed by atoms with Crippen molar-refractivity contribution in [3.63, 3.8) is 0 Å². The number of rotatable bonds is 3. The van der Waals surface area contributed by atoms with Crippen molar-refractivity contribution in [1.29, 1.82) is 0 Å². The van der Waals surface area contributed by atoms with Crippen LogP contribution in [0.5, 0.6) is 0 Å². The number of nitrogens with one attached hydrogen (secondary N) is 1. The molecule has 98 valence electrons. The summed E-state index contributed by atoms with van der Waals surface area (Å²) >= 11 is 5.74. The first-order chi connectivity index (χ1) is 8.25. The Balaban J connectivity index is 2.23. The molecule has 0 aromatic heterocycles. The second kappa shape index (κ2) is 4.20. The molecule has 1 amide bonds. The first-order valence-electron chi connectivity index (χ1n) is 5.27. The van der Waals surface area contributed by atoms with Gasteiger partial charge in [0.05, 0.1) is 5.56 Å². The summed E-state index contributed by atoms with van der Waals surface area (Å²) in [6.45, 7) is 1.67. The molecule has 0 saturated heterocycles. The van der Waals surface area contributed by atoms with Gasteiger partial charge in [-0.05, 0) is 37.5 Å². The van der Waals surface area contributed by atoms with E-state index in [0.717, 1.165) is 6.07 Å². The quantitative estimate of drug-likeness (QED) is 0.866. The lowest BCUT2D eigenvalue weighted by Gasteiger charge is -2.10. The fourth-order valence-electron chi connectivity index (χ4n) is 1.44. The van der Waals surface area contributed by atoms with Crippen LogP contribution in [0.2, 0.25) is 0 Å². The molecule has 0 atom stereocenters. The lowest BCUT2D eigenvalue weighted by atomic mass is 10.1. The van der Waals surface area contributed by atoms with Crippen LogP contribution < -0.4 is 4.72 Å². The third-order valence-corrected chi connectivity index (χ3v) is 5.53. The van der Waals surface area contributed by atoms with Crippen LogP contribution in [0.1, 0.15) is 28.8 Å². The average Bonchev–Trinajstić information content (AvgIpc) is 2.97. The number of carbonyl (C=O) groups is 1. The van der Waals surface area contributed by atoms with Crippen molar-refractivity contribution in [2.75, 3.05) is 0 Å². The molecule has 1 aliphatic rings. The first-order valence-corrected chi connectivity index (χ1v) is 7.13. The van der Waals surface area contributed by atoms with Crippen LogP contribution in [0.3, 0.4) is 0 Å². The predicted molar refractivity (Wildman–Crippen MR) is 65.3 cm³/mol. The molecule has 4 nitrogen and oxygen atoms in total. The Bertz CT molecular complexity index is 611. The van der Waals surface area contributed by atoms with Gasteiger partial charge in [0, 0.05) is 0 Å². The zero-order chi connectivity index (χ0) is 13.6. The zero-order valence-corrected chi connectivity index (χ0v) is 11.1. The summed E-state index contributed by atoms with van der Waals surface area (Å²) in [5.74, 6) is -1.76. The fourth-order valence-corrected chi connectivity index (χ4v) is 2.83. The summed E-state index contributed by atoms with van der Waals surface area (Å²) < 4.78 is 37.3. The van der Waals surface area contributed by atoms with Gasteiger partial charge in [0.25, 0.3) is 15.9 Å². The number of benzene rings is 1. The van der Waals surface area contributed by atoms with Crippen molar-refractivity contribution in [2.24, 2.45) is 0 Å². The number of hydrogen-bond donors (Lipinski definition) is 1. The van der Waals surface area contributed by atoms with E-state index < -0.39 is 26.0 Å². The first kappa shape index (κ1) is 13.3. The van der Waals surface area contributed by atoms with Gasteiger partial charge in [0.1, 0.15) is 5.82 Å². The van der Waals surface area contributed by atoms with Crippen LogP contribution in [0.4, 0.5) is 4.39 Å². The van der Waals surface area contributed by atoms with Crippen molar-refractivity contribution in [1.82, 2.24) is 4.72 Å². The van der Waals surface area contributed by atoms with Gasteiger partial charge in [-0.2, -0.15) is 0 Å². The maximum absolute atomic E-state index is 13.5. The smallest absolute Gasteiger partial charge is 0.267 e. The maximum Gasteiger partial charge on any atom is 0.267 e. The number of amides is 1. The van der Waals surface area contributed by atoms with Crippen molar-refractivity contribution in [2.45, 2.75) is 24.0 Å². The van der Waals surface area contributed by atoms with Gasteiger partial charge in [-0.25, -0.2) is 17.5 Å². The molecule has 1 aliphatic carbocycles. The number of carbonyl (C=O) groups excluding carboxylic acids is 1. The molecule has 0 radical (unpaired) electrons. The molecule has 1 aromatic carbocycles. The lowest BCUT2D eigenvalue weighted by molar-refractivity contribution is 0.0977. The number of halogens is 2. The predicted octanol–water partition coefficient (Wildman–Crippen LogP) is 1.92. The summed E-state index contributed by atoms with van der Waals surface area (Å²) in [7, 11) is -3.96. The molecule has 1 aromatic rings. The monoisotopic (exact) mass is 291 g/mol. The van der Waals surface area contributed by atoms with Gasteiger partial charge in [0.2, 0.25) is 0 Å². The van der Waals surface area contributed by atoms with Crippen LogP contribution in [0.15, 0.2) is 18.2 Å². The minimum atomic E-state index is -3.96. The normalized spacial score (nSPS) is 17.3. The third-order valence-electron chi connectivity index (χ3n) is 2.72. The van der Waals surface area contributed by atoms with E-state index in [2.05, 4.69) is 0 Å². The fraction of sp³-hybridized carbons (Fsp3) is 0.364. The van der Waals surface area contributed by atoms with Crippen LogP contribution in [-0.4, -0.2) is 18.5 Å². The van der Waals surface area contributed by atoms with Gasteiger partial charge in [-0.1, -0.05) is 17.7 Å². The summed E-state index contributed by atoms with van der Waals surface area (Å²) in [6, 6.07) is 3.93. The maximum atomic E-state index is 13.5. The number of hydrogen-bond acceptors (Lipinski definition) is 3. The Morgan fingerprint density at radius 2 is 2.06 bits per heavy atom. The second-order valence-corrected chi connectivity index (χ2v) is 7.24. The van der Waals surface area contributed by atoms with Crippen molar-refractivity contribution in [3.05, 3.63) is 35.1 Å². The Kier molecular flexibility index (Phi) is 3.11. The summed E-state index contributed by atoms with van der Waals surface area (Å²) in [5, 5.41) is 0. The SMILES string of the molecule is Cc1ccc(C(=O)NS(=O)(=O)C2(Cl)CC2)c(F)c1. The molecule has 0 heterocycles. The standard InChI is InChI=1S/C11H11ClFNO3S/c1-7-2-3-8(9(13)6-7)10(15)14-18(16,17)11(12)4-5-11/h2-3,6H,4-5H2,1H3,(H,14,15). The van der Waals surface area contributed by atoms with Gasteiger partial charge >= 0.3 is 0 Å². The highest BCUT2D eigenvalue weighted by atomic mass is 35.5. The van der Waals surface area contributed by atoms with E-state index in [1.54, 1.807) is 11.6 Å². The second-order valence-electron chi connectivity index (χ2n) is 4.30. The minimum Gasteiger partial charge on any atom is -0.268 e. The molecule has 1 saturated carbocycles. The molecule has 18 heavy (non-hydrogen) atoms. The molecule has 0 spiro atoms. The van der Waals surface area contributed by atoms with Gasteiger partial charge in [-0.3, -0.25) is 4.79 Å². The number of sulfonamides is 1. The highest BCUT2D eigenvalue weighted by molar-refractivity contribution is 7.93. The lowest BCUT2D eigenvalue weighted by Crippen LogP contribution is -2.37. The van der Waals surface area contributed by atoms with Crippen molar-refractivity contribution in [3.8, 4) is 0 Å². The van der Waals surface area contributed by atoms with Crippen LogP contribution in [0.25, 0.3) is 0 Å². The third kappa shape index (κ3) is 2.35. The minimum absolute atomic E-state index is 0.285. The van der Waals surface area contributed by atoms with Crippen molar-refractivity contribution >= 4 is 27.5 Å². The summed E-state index contributed by atoms with van der Waals surface area (Å²) in [5.41, 5.74) is 0.327. The molecule has 1 N–H and O–H groups in total. The summed E-state index contributed by atoms with van der Waals surface area (Å²) in [4.78, 5) is 11.7. The van der Waals surface area contributed by atoms with Gasteiger partial charge in [0.15, 0.2) is 4.21 Å². The van der Waals surface area contributed by atoms with E-state index in [1.165, 1.54) is 12.1 Å². The zero-order valence-electron chi connectivity index (χ0n) is 9.54. The molecule has 0 bridgehead atoms. The largest absolute Gasteiger partial charge is 0.268 e. The van der Waals surface area contributed by atoms with Crippen LogP contribution >= 0.6 is 11.6 Å². The molecular weight excluding hydrogens is 281 g/mol. The van der Waals surface area contributed by atoms with Crippen LogP contribution in [-0.2, 0) is 10.0 Å². The Hall–Kier alpha value is -1.14. The van der Waals surface area contributed by atoms with Crippen LogP contribution in [0, 0.1) is 12.7 Å². The average molecular weight is 292 g/mol. The Morgan fingerprint density at radius 1 is 1.44 bits per heavy atom. The molecular formula is C11H11ClFNO3S. The molecule has 2 rings (SSSR count). The van der Waals surface area contributed by atoms with E-state index in [0.29, 0.717) is 5.56 Å². The topological polar surface area (TPSA) is 63.2 Å². The van der Waals surface area contributed by atoms with E-state index >= 15 is 0 Å². The molecule has 0 unspecified atom stereocenters. The van der Waals surface area contributed by atoms with Gasteiger partial charge in [-0.15, -0.1) is 0 Å². The molecule has 1 fully saturated rings.